The van der Waals surface area contributed by atoms with E-state index in [2.05, 4.69) is 0 Å². The van der Waals surface area contributed by atoms with Crippen LogP contribution in [-0.4, -0.2) is 84.2 Å². The van der Waals surface area contributed by atoms with Crippen molar-refractivity contribution in [3.63, 3.8) is 0 Å². The molecule has 0 radical (unpaired) electrons. The van der Waals surface area contributed by atoms with Crippen LogP contribution in [0.25, 0.3) is 0 Å². The molecule has 3 amide bonds. The molecular formula is C34H35N3O8. The normalized spacial score (nSPS) is 17.4. The topological polar surface area (TPSA) is 126 Å². The van der Waals surface area contributed by atoms with Gasteiger partial charge in [0.05, 0.1) is 23.9 Å². The fourth-order valence-corrected chi connectivity index (χ4v) is 6.25. The quantitative estimate of drug-likeness (QED) is 0.401. The summed E-state index contributed by atoms with van der Waals surface area (Å²) in [5, 5.41) is 9.08. The van der Waals surface area contributed by atoms with E-state index < -0.39 is 5.97 Å². The standard InChI is InChI=1S/C34H35N3O8/c1-43-30-20-27(45-26-14-18-35(19-15-26)31(38)22-6-8-23(9-7-22)33(40)41)10-11-28(30)32(39)36-16-12-25(13-17-36)37-29-5-3-2-4-24(29)21-44-34(37)42/h2-11,20,25-26H,12-19,21H2,1H3,(H,40,41). The van der Waals surface area contributed by atoms with E-state index in [9.17, 15) is 19.2 Å². The number of hydrogen-bond acceptors (Lipinski definition) is 7. The van der Waals surface area contributed by atoms with E-state index in [1.54, 1.807) is 32.9 Å². The predicted molar refractivity (Wildman–Crippen MR) is 164 cm³/mol. The molecule has 1 N–H and O–H groups in total. The molecular weight excluding hydrogens is 578 g/mol. The predicted octanol–water partition coefficient (Wildman–Crippen LogP) is 4.84. The van der Waals surface area contributed by atoms with Gasteiger partial charge >= 0.3 is 12.1 Å². The molecule has 0 saturated carbocycles. The van der Waals surface area contributed by atoms with Crippen LogP contribution in [0.4, 0.5) is 10.5 Å². The number of fused-ring (bicyclic) bond motifs is 1. The molecule has 3 aliphatic heterocycles. The number of carbonyl (C=O) groups excluding carboxylic acids is 3. The summed E-state index contributed by atoms with van der Waals surface area (Å²) in [5.74, 6) is -0.305. The number of carbonyl (C=O) groups is 4. The van der Waals surface area contributed by atoms with Crippen LogP contribution in [0.15, 0.2) is 66.7 Å². The summed E-state index contributed by atoms with van der Waals surface area (Å²) in [4.78, 5) is 55.4. The van der Waals surface area contributed by atoms with E-state index in [1.165, 1.54) is 31.4 Å². The Morgan fingerprint density at radius 2 is 1.47 bits per heavy atom. The van der Waals surface area contributed by atoms with E-state index >= 15 is 0 Å². The fraction of sp³-hybridized carbons (Fsp3) is 0.353. The highest BCUT2D eigenvalue weighted by molar-refractivity contribution is 5.98. The first-order valence-corrected chi connectivity index (χ1v) is 15.1. The molecule has 2 fully saturated rings. The Balaban J connectivity index is 1.03. The molecule has 11 heteroatoms. The van der Waals surface area contributed by atoms with Gasteiger partial charge in [-0.15, -0.1) is 0 Å². The number of nitrogens with zero attached hydrogens (tertiary/aromatic N) is 3. The third-order valence-corrected chi connectivity index (χ3v) is 8.73. The van der Waals surface area contributed by atoms with Crippen LogP contribution >= 0.6 is 0 Å². The lowest BCUT2D eigenvalue weighted by molar-refractivity contribution is 0.0593. The lowest BCUT2D eigenvalue weighted by atomic mass is 10.00. The molecule has 3 aromatic carbocycles. The van der Waals surface area contributed by atoms with E-state index in [-0.39, 0.29) is 42.2 Å². The molecule has 0 aliphatic carbocycles. The Labute approximate surface area is 260 Å². The highest BCUT2D eigenvalue weighted by Gasteiger charge is 2.35. The number of amides is 3. The van der Waals surface area contributed by atoms with Crippen LogP contribution in [0.2, 0.25) is 0 Å². The van der Waals surface area contributed by atoms with Gasteiger partial charge in [-0.3, -0.25) is 14.5 Å². The van der Waals surface area contributed by atoms with Crippen molar-refractivity contribution in [1.82, 2.24) is 9.80 Å². The Kier molecular flexibility index (Phi) is 8.59. The number of carboxylic acids is 1. The first kappa shape index (κ1) is 30.0. The number of hydrogen-bond donors (Lipinski definition) is 1. The van der Waals surface area contributed by atoms with Crippen molar-refractivity contribution in [1.29, 1.82) is 0 Å². The number of likely N-dealkylation sites (tertiary alicyclic amines) is 2. The van der Waals surface area contributed by atoms with Gasteiger partial charge in [0.1, 0.15) is 24.2 Å². The summed E-state index contributed by atoms with van der Waals surface area (Å²) >= 11 is 0. The summed E-state index contributed by atoms with van der Waals surface area (Å²) in [6.45, 7) is 2.28. The molecule has 234 valence electrons. The van der Waals surface area contributed by atoms with Gasteiger partial charge in [0.25, 0.3) is 11.8 Å². The molecule has 45 heavy (non-hydrogen) atoms. The van der Waals surface area contributed by atoms with Crippen molar-refractivity contribution < 1.29 is 38.5 Å². The van der Waals surface area contributed by atoms with Crippen molar-refractivity contribution in [3.8, 4) is 11.5 Å². The Morgan fingerprint density at radius 3 is 2.16 bits per heavy atom. The maximum Gasteiger partial charge on any atom is 0.414 e. The van der Waals surface area contributed by atoms with Gasteiger partial charge in [-0.1, -0.05) is 18.2 Å². The first-order chi connectivity index (χ1) is 21.8. The van der Waals surface area contributed by atoms with Gasteiger partial charge in [-0.25, -0.2) is 9.59 Å². The molecule has 11 nitrogen and oxygen atoms in total. The number of benzene rings is 3. The molecule has 3 aliphatic rings. The van der Waals surface area contributed by atoms with E-state index in [4.69, 9.17) is 19.3 Å². The molecule has 0 aromatic heterocycles. The largest absolute Gasteiger partial charge is 0.496 e. The van der Waals surface area contributed by atoms with Crippen LogP contribution in [0, 0.1) is 0 Å². The molecule has 2 saturated heterocycles. The number of aromatic carboxylic acids is 1. The zero-order chi connectivity index (χ0) is 31.5. The molecule has 3 heterocycles. The number of rotatable bonds is 7. The van der Waals surface area contributed by atoms with E-state index in [0.29, 0.717) is 74.5 Å². The third kappa shape index (κ3) is 6.29. The number of cyclic esters (lactones) is 1. The van der Waals surface area contributed by atoms with Gasteiger partial charge in [0.15, 0.2) is 0 Å². The second-order valence-corrected chi connectivity index (χ2v) is 11.4. The van der Waals surface area contributed by atoms with Crippen LogP contribution in [0.3, 0.4) is 0 Å². The smallest absolute Gasteiger partial charge is 0.414 e. The third-order valence-electron chi connectivity index (χ3n) is 8.73. The first-order valence-electron chi connectivity index (χ1n) is 15.1. The van der Waals surface area contributed by atoms with Crippen LogP contribution in [0.1, 0.15) is 62.3 Å². The summed E-state index contributed by atoms with van der Waals surface area (Å²) in [6.07, 6.45) is 2.07. The van der Waals surface area contributed by atoms with Gasteiger partial charge in [0, 0.05) is 62.3 Å². The van der Waals surface area contributed by atoms with Gasteiger partial charge in [-0.2, -0.15) is 0 Å². The zero-order valence-corrected chi connectivity index (χ0v) is 25.0. The SMILES string of the molecule is COc1cc(OC2CCN(C(=O)c3ccc(C(=O)O)cc3)CC2)ccc1C(=O)N1CCC(N2C(=O)OCc3ccccc32)CC1. The minimum absolute atomic E-state index is 0.0557. The molecule has 0 spiro atoms. The van der Waals surface area contributed by atoms with Crippen molar-refractivity contribution in [2.45, 2.75) is 44.4 Å². The summed E-state index contributed by atoms with van der Waals surface area (Å²) in [5.41, 5.74) is 2.89. The number of methoxy groups -OCH3 is 1. The van der Waals surface area contributed by atoms with Gasteiger partial charge in [-0.05, 0) is 55.3 Å². The minimum atomic E-state index is -1.03. The number of ether oxygens (including phenoxy) is 3. The minimum Gasteiger partial charge on any atom is -0.496 e. The van der Waals surface area contributed by atoms with Crippen molar-refractivity contribution in [2.24, 2.45) is 0 Å². The second kappa shape index (κ2) is 12.9. The fourth-order valence-electron chi connectivity index (χ4n) is 6.25. The Bertz CT molecular complexity index is 1590. The van der Waals surface area contributed by atoms with E-state index in [0.717, 1.165) is 11.3 Å². The molecule has 0 bridgehead atoms. The summed E-state index contributed by atoms with van der Waals surface area (Å²) in [7, 11) is 1.52. The van der Waals surface area contributed by atoms with Crippen LogP contribution in [0.5, 0.6) is 11.5 Å². The average molecular weight is 614 g/mol. The molecule has 0 atom stereocenters. The lowest BCUT2D eigenvalue weighted by Crippen LogP contribution is -2.50. The summed E-state index contributed by atoms with van der Waals surface area (Å²) < 4.78 is 17.2. The number of piperidine rings is 2. The van der Waals surface area contributed by atoms with Crippen LogP contribution in [-0.2, 0) is 11.3 Å². The number of para-hydroxylation sites is 1. The molecule has 0 unspecified atom stereocenters. The number of carboxylic acid groups (broad SMARTS) is 1. The monoisotopic (exact) mass is 613 g/mol. The highest BCUT2D eigenvalue weighted by Crippen LogP contribution is 2.33. The van der Waals surface area contributed by atoms with E-state index in [1.807, 2.05) is 24.3 Å². The lowest BCUT2D eigenvalue weighted by Gasteiger charge is -2.40. The maximum absolute atomic E-state index is 13.5. The average Bonchev–Trinajstić information content (AvgIpc) is 3.08. The number of anilines is 1. The maximum atomic E-state index is 13.5. The Morgan fingerprint density at radius 1 is 0.822 bits per heavy atom. The highest BCUT2D eigenvalue weighted by atomic mass is 16.6. The van der Waals surface area contributed by atoms with Crippen molar-refractivity contribution in [3.05, 3.63) is 89.0 Å². The van der Waals surface area contributed by atoms with Crippen molar-refractivity contribution >= 4 is 29.6 Å². The zero-order valence-electron chi connectivity index (χ0n) is 25.0. The van der Waals surface area contributed by atoms with Crippen molar-refractivity contribution in [2.75, 3.05) is 38.2 Å². The Hall–Kier alpha value is -5.06. The molecule has 6 rings (SSSR count). The van der Waals surface area contributed by atoms with Crippen LogP contribution < -0.4 is 14.4 Å². The molecule has 3 aromatic rings. The second-order valence-electron chi connectivity index (χ2n) is 11.4. The van der Waals surface area contributed by atoms with Gasteiger partial charge in [0.2, 0.25) is 0 Å². The summed E-state index contributed by atoms with van der Waals surface area (Å²) in [6, 6.07) is 18.8. The van der Waals surface area contributed by atoms with Gasteiger partial charge < -0.3 is 29.1 Å².